The van der Waals surface area contributed by atoms with Gasteiger partial charge in [-0.1, -0.05) is 65.9 Å². The van der Waals surface area contributed by atoms with Crippen molar-refractivity contribution in [2.75, 3.05) is 57.3 Å². The van der Waals surface area contributed by atoms with E-state index in [0.29, 0.717) is 34.4 Å². The number of piperazine rings is 1. The van der Waals surface area contributed by atoms with Gasteiger partial charge in [0.1, 0.15) is 6.54 Å². The minimum absolute atomic E-state index is 0.00939. The van der Waals surface area contributed by atoms with Gasteiger partial charge >= 0.3 is 12.0 Å². The molecule has 0 radical (unpaired) electrons. The van der Waals surface area contributed by atoms with Crippen molar-refractivity contribution in [1.82, 2.24) is 14.9 Å². The van der Waals surface area contributed by atoms with Crippen LogP contribution >= 0.6 is 11.6 Å². The Morgan fingerprint density at radius 2 is 1.60 bits per heavy atom. The number of hydroxylamine groups is 2. The Balaban J connectivity index is 1.41. The van der Waals surface area contributed by atoms with E-state index in [2.05, 4.69) is 45.9 Å². The van der Waals surface area contributed by atoms with Crippen LogP contribution in [0.1, 0.15) is 36.1 Å². The lowest BCUT2D eigenvalue weighted by atomic mass is 9.96. The van der Waals surface area contributed by atoms with Gasteiger partial charge in [0, 0.05) is 48.9 Å². The summed E-state index contributed by atoms with van der Waals surface area (Å²) in [5.74, 6) is 5.12. The second kappa shape index (κ2) is 16.6. The van der Waals surface area contributed by atoms with Crippen LogP contribution in [0.3, 0.4) is 0 Å². The number of carbonyl (C=O) groups is 3. The molecule has 1 saturated heterocycles. The number of hydrogen-bond donors (Lipinski definition) is 2. The van der Waals surface area contributed by atoms with E-state index in [9.17, 15) is 19.6 Å². The van der Waals surface area contributed by atoms with Crippen molar-refractivity contribution in [1.29, 1.82) is 0 Å². The van der Waals surface area contributed by atoms with Crippen LogP contribution in [0.15, 0.2) is 78.9 Å². The summed E-state index contributed by atoms with van der Waals surface area (Å²) < 4.78 is 5.15. The Labute approximate surface area is 268 Å². The topological polar surface area (TPSA) is 120 Å². The fourth-order valence-electron chi connectivity index (χ4n) is 5.17. The molecule has 1 aliphatic rings. The first kappa shape index (κ1) is 33.5. The maximum Gasteiger partial charge on any atom is 0.338 e. The number of ether oxygens (including phenoxy) is 1. The van der Waals surface area contributed by atoms with Gasteiger partial charge in [0.2, 0.25) is 5.91 Å². The number of urea groups is 1. The lowest BCUT2D eigenvalue weighted by Gasteiger charge is -2.40. The van der Waals surface area contributed by atoms with Gasteiger partial charge in [0.15, 0.2) is 0 Å². The zero-order valence-corrected chi connectivity index (χ0v) is 26.0. The number of nitrogens with zero attached hydrogens (tertiary/aromatic N) is 4. The monoisotopic (exact) mass is 631 g/mol. The first-order valence-corrected chi connectivity index (χ1v) is 15.2. The van der Waals surface area contributed by atoms with Gasteiger partial charge in [0.25, 0.3) is 0 Å². The summed E-state index contributed by atoms with van der Waals surface area (Å²) in [5, 5.41) is 10.4. The number of amides is 3. The zero-order valence-electron chi connectivity index (χ0n) is 25.3. The molecule has 1 atom stereocenters. The number of halogens is 1. The highest BCUT2D eigenvalue weighted by molar-refractivity contribution is 6.30. The number of esters is 1. The zero-order chi connectivity index (χ0) is 32.2. The minimum Gasteiger partial charge on any atom is -0.465 e. The highest BCUT2D eigenvalue weighted by atomic mass is 35.5. The normalized spacial score (nSPS) is 14.1. The number of nitrogens with two attached hydrogens (primary N) is 1. The van der Waals surface area contributed by atoms with Gasteiger partial charge in [0.05, 0.1) is 25.7 Å². The summed E-state index contributed by atoms with van der Waals surface area (Å²) in [5.41, 5.74) is 8.57. The molecule has 11 heteroatoms. The van der Waals surface area contributed by atoms with Gasteiger partial charge in [-0.3, -0.25) is 24.6 Å². The number of benzene rings is 3. The number of anilines is 1. The molecule has 0 saturated carbocycles. The average Bonchev–Trinajstić information content (AvgIpc) is 3.04. The fourth-order valence-corrected chi connectivity index (χ4v) is 5.30. The molecule has 45 heavy (non-hydrogen) atoms. The molecule has 1 fully saturated rings. The number of primary amides is 1. The molecule has 0 spiro atoms. The third kappa shape index (κ3) is 9.80. The Bertz CT molecular complexity index is 1480. The van der Waals surface area contributed by atoms with E-state index in [-0.39, 0.29) is 44.6 Å². The van der Waals surface area contributed by atoms with E-state index in [4.69, 9.17) is 22.1 Å². The van der Waals surface area contributed by atoms with Crippen molar-refractivity contribution in [3.8, 4) is 11.8 Å². The number of rotatable bonds is 11. The maximum atomic E-state index is 13.6. The molecule has 1 aliphatic heterocycles. The average molecular weight is 632 g/mol. The van der Waals surface area contributed by atoms with E-state index >= 15 is 0 Å². The third-order valence-electron chi connectivity index (χ3n) is 7.44. The molecule has 3 aromatic rings. The Morgan fingerprint density at radius 1 is 0.956 bits per heavy atom. The van der Waals surface area contributed by atoms with Gasteiger partial charge in [-0.2, -0.15) is 0 Å². The summed E-state index contributed by atoms with van der Waals surface area (Å²) >= 11 is 6.17. The highest BCUT2D eigenvalue weighted by Crippen LogP contribution is 2.30. The van der Waals surface area contributed by atoms with E-state index in [1.54, 1.807) is 31.2 Å². The molecule has 3 N–H and O–H groups in total. The van der Waals surface area contributed by atoms with Gasteiger partial charge in [-0.15, -0.1) is 0 Å². The van der Waals surface area contributed by atoms with E-state index in [1.165, 1.54) is 10.5 Å². The van der Waals surface area contributed by atoms with E-state index < -0.39 is 12.0 Å². The second-order valence-corrected chi connectivity index (χ2v) is 11.0. The summed E-state index contributed by atoms with van der Waals surface area (Å²) in [6.45, 7) is 4.77. The van der Waals surface area contributed by atoms with Crippen LogP contribution in [-0.2, 0) is 14.3 Å². The predicted molar refractivity (Wildman–Crippen MR) is 173 cm³/mol. The van der Waals surface area contributed by atoms with Crippen molar-refractivity contribution >= 4 is 35.2 Å². The number of carbonyl (C=O) groups excluding carboxylic acids is 3. The molecule has 236 valence electrons. The van der Waals surface area contributed by atoms with E-state index in [1.807, 2.05) is 30.3 Å². The van der Waals surface area contributed by atoms with Crippen molar-refractivity contribution < 1.29 is 24.3 Å². The third-order valence-corrected chi connectivity index (χ3v) is 7.69. The standard InChI is InChI=1S/C34H38ClN5O5/c1-2-45-32(42)25-39(30-17-11-26(12-18-30)8-6-7-19-40(44)34(36)43)31(41)24-37-20-22-38(23-21-37)33(27-9-4-3-5-10-27)28-13-15-29(35)16-14-28/h3-5,9-18,33,44H,2,7,19-25H2,1H3,(H2,36,43)/t33-/m1/s1. The van der Waals surface area contributed by atoms with Crippen LogP contribution in [0.2, 0.25) is 5.02 Å². The van der Waals surface area contributed by atoms with Crippen LogP contribution in [0.25, 0.3) is 0 Å². The highest BCUT2D eigenvalue weighted by Gasteiger charge is 2.29. The van der Waals surface area contributed by atoms with Crippen molar-refractivity contribution in [3.63, 3.8) is 0 Å². The van der Waals surface area contributed by atoms with Gasteiger partial charge < -0.3 is 15.4 Å². The van der Waals surface area contributed by atoms with Crippen molar-refractivity contribution in [2.45, 2.75) is 19.4 Å². The molecule has 1 heterocycles. The van der Waals surface area contributed by atoms with Crippen LogP contribution in [-0.4, -0.2) is 90.4 Å². The SMILES string of the molecule is CCOC(=O)CN(C(=O)CN1CCN([C@H](c2ccccc2)c2ccc(Cl)cc2)CC1)c1ccc(C#CCCN(O)C(N)=O)cc1. The quantitative estimate of drug-likeness (QED) is 0.141. The predicted octanol–water partition coefficient (Wildman–Crippen LogP) is 4.15. The van der Waals surface area contributed by atoms with Crippen molar-refractivity contribution in [2.24, 2.45) is 5.73 Å². The van der Waals surface area contributed by atoms with Crippen LogP contribution in [0.5, 0.6) is 0 Å². The van der Waals surface area contributed by atoms with Crippen molar-refractivity contribution in [3.05, 3.63) is 101 Å². The van der Waals surface area contributed by atoms with E-state index in [0.717, 1.165) is 18.7 Å². The fraction of sp³-hybridized carbons (Fsp3) is 0.324. The molecule has 4 rings (SSSR count). The second-order valence-electron chi connectivity index (χ2n) is 10.5. The molecule has 3 amide bonds. The summed E-state index contributed by atoms with van der Waals surface area (Å²) in [6.07, 6.45) is 0.230. The lowest BCUT2D eigenvalue weighted by molar-refractivity contribution is -0.142. The van der Waals surface area contributed by atoms with Crippen LogP contribution in [0, 0.1) is 11.8 Å². The summed E-state index contributed by atoms with van der Waals surface area (Å²) in [4.78, 5) is 42.9. The Kier molecular flexibility index (Phi) is 12.4. The van der Waals surface area contributed by atoms with Gasteiger partial charge in [-0.05, 0) is 54.4 Å². The van der Waals surface area contributed by atoms with Crippen LogP contribution < -0.4 is 10.6 Å². The maximum absolute atomic E-state index is 13.6. The van der Waals surface area contributed by atoms with Gasteiger partial charge in [-0.25, -0.2) is 9.86 Å². The first-order valence-electron chi connectivity index (χ1n) is 14.8. The molecular weight excluding hydrogens is 594 g/mol. The number of hydrogen-bond acceptors (Lipinski definition) is 7. The van der Waals surface area contributed by atoms with Crippen LogP contribution in [0.4, 0.5) is 10.5 Å². The summed E-state index contributed by atoms with van der Waals surface area (Å²) in [7, 11) is 0. The molecule has 10 nitrogen and oxygen atoms in total. The Hall–Kier alpha value is -4.40. The first-order chi connectivity index (χ1) is 21.7. The smallest absolute Gasteiger partial charge is 0.338 e. The molecule has 0 bridgehead atoms. The molecule has 0 aliphatic carbocycles. The molecular formula is C34H38ClN5O5. The molecule has 0 unspecified atom stereocenters. The summed E-state index contributed by atoms with van der Waals surface area (Å²) in [6, 6.07) is 24.4. The largest absolute Gasteiger partial charge is 0.465 e. The lowest BCUT2D eigenvalue weighted by Crippen LogP contribution is -2.51. The minimum atomic E-state index is -0.941. The molecule has 3 aromatic carbocycles. The Morgan fingerprint density at radius 3 is 2.22 bits per heavy atom. The molecule has 0 aromatic heterocycles.